The maximum atomic E-state index is 12.2. The summed E-state index contributed by atoms with van der Waals surface area (Å²) in [7, 11) is 0. The minimum atomic E-state index is -0.511. The molecule has 0 unspecified atom stereocenters. The van der Waals surface area contributed by atoms with Crippen molar-refractivity contribution in [3.8, 4) is 0 Å². The molecule has 20 heavy (non-hydrogen) atoms. The number of benzene rings is 1. The lowest BCUT2D eigenvalue weighted by molar-refractivity contribution is -0.145. The molecule has 1 aromatic rings. The third kappa shape index (κ3) is 2.96. The summed E-state index contributed by atoms with van der Waals surface area (Å²) in [6.07, 6.45) is 0.195. The molecule has 1 N–H and O–H groups in total. The van der Waals surface area contributed by atoms with Gasteiger partial charge >= 0.3 is 5.97 Å². The van der Waals surface area contributed by atoms with Gasteiger partial charge < -0.3 is 15.0 Å². The number of hydrogen-bond donors (Lipinski definition) is 1. The fraction of sp³-hybridized carbons (Fsp3) is 0.357. The summed E-state index contributed by atoms with van der Waals surface area (Å²) in [6.45, 7) is 2.70. The van der Waals surface area contributed by atoms with Gasteiger partial charge in [0.2, 0.25) is 5.91 Å². The van der Waals surface area contributed by atoms with Crippen molar-refractivity contribution >= 4 is 29.2 Å². The lowest BCUT2D eigenvalue weighted by Gasteiger charge is -2.27. The van der Waals surface area contributed by atoms with Crippen molar-refractivity contribution < 1.29 is 19.1 Å². The van der Waals surface area contributed by atoms with E-state index >= 15 is 0 Å². The number of ether oxygens (including phenoxy) is 1. The van der Waals surface area contributed by atoms with Gasteiger partial charge in [0.1, 0.15) is 0 Å². The van der Waals surface area contributed by atoms with Crippen LogP contribution in [0.1, 0.15) is 20.3 Å². The number of hydrogen-bond acceptors (Lipinski definition) is 4. The van der Waals surface area contributed by atoms with Crippen LogP contribution >= 0.6 is 0 Å². The lowest BCUT2D eigenvalue weighted by Crippen LogP contribution is -2.41. The van der Waals surface area contributed by atoms with Gasteiger partial charge in [-0.15, -0.1) is 0 Å². The van der Waals surface area contributed by atoms with E-state index in [1.165, 1.54) is 11.8 Å². The highest BCUT2D eigenvalue weighted by Gasteiger charge is 2.29. The monoisotopic (exact) mass is 276 g/mol. The van der Waals surface area contributed by atoms with Crippen molar-refractivity contribution in [3.05, 3.63) is 24.3 Å². The molecule has 0 fully saturated rings. The van der Waals surface area contributed by atoms with E-state index in [4.69, 9.17) is 4.74 Å². The Morgan fingerprint density at radius 1 is 1.40 bits per heavy atom. The van der Waals surface area contributed by atoms with Gasteiger partial charge in [0, 0.05) is 19.4 Å². The molecule has 2 rings (SSSR count). The summed E-state index contributed by atoms with van der Waals surface area (Å²) in [4.78, 5) is 36.3. The molecule has 1 aliphatic heterocycles. The number of carbonyl (C=O) groups is 3. The van der Waals surface area contributed by atoms with Crippen LogP contribution in [0.3, 0.4) is 0 Å². The topological polar surface area (TPSA) is 75.7 Å². The van der Waals surface area contributed by atoms with E-state index in [1.54, 1.807) is 31.2 Å². The van der Waals surface area contributed by atoms with Gasteiger partial charge in [-0.05, 0) is 19.1 Å². The quantitative estimate of drug-likeness (QED) is 0.826. The maximum absolute atomic E-state index is 12.2. The van der Waals surface area contributed by atoms with Gasteiger partial charge in [0.15, 0.2) is 6.61 Å². The van der Waals surface area contributed by atoms with Crippen molar-refractivity contribution in [1.82, 2.24) is 0 Å². The Kier molecular flexibility index (Phi) is 4.02. The third-order valence-corrected chi connectivity index (χ3v) is 3.03. The molecule has 0 saturated heterocycles. The molecular weight excluding hydrogens is 260 g/mol. The predicted octanol–water partition coefficient (Wildman–Crippen LogP) is 1.31. The highest BCUT2D eigenvalue weighted by molar-refractivity contribution is 6.04. The summed E-state index contributed by atoms with van der Waals surface area (Å²) in [5.41, 5.74) is 1.20. The zero-order valence-corrected chi connectivity index (χ0v) is 11.4. The first-order chi connectivity index (χ1) is 9.49. The fourth-order valence-corrected chi connectivity index (χ4v) is 2.20. The maximum Gasteiger partial charge on any atom is 0.303 e. The first-order valence-corrected chi connectivity index (χ1v) is 6.33. The Bertz CT molecular complexity index is 556. The number of esters is 1. The average molecular weight is 276 g/mol. The summed E-state index contributed by atoms with van der Waals surface area (Å²) >= 11 is 0. The molecule has 0 aromatic heterocycles. The van der Waals surface area contributed by atoms with E-state index in [2.05, 4.69) is 5.32 Å². The SMILES string of the molecule is CC(=O)OCC(=O)N1c2ccccc2NC(=O)C[C@@H]1C. The molecule has 6 nitrogen and oxygen atoms in total. The van der Waals surface area contributed by atoms with Gasteiger partial charge in [0.05, 0.1) is 11.4 Å². The molecule has 2 amide bonds. The molecule has 0 aliphatic carbocycles. The molecule has 106 valence electrons. The standard InChI is InChI=1S/C14H16N2O4/c1-9-7-13(18)15-11-5-3-4-6-12(11)16(9)14(19)8-20-10(2)17/h3-6,9H,7-8H2,1-2H3,(H,15,18)/t9-/m0/s1. The molecular formula is C14H16N2O4. The number of amides is 2. The normalized spacial score (nSPS) is 17.8. The van der Waals surface area contributed by atoms with Crippen LogP contribution < -0.4 is 10.2 Å². The second-order valence-corrected chi connectivity index (χ2v) is 4.66. The highest BCUT2D eigenvalue weighted by Crippen LogP contribution is 2.31. The average Bonchev–Trinajstić information content (AvgIpc) is 2.50. The Morgan fingerprint density at radius 2 is 2.10 bits per heavy atom. The van der Waals surface area contributed by atoms with Gasteiger partial charge in [-0.25, -0.2) is 0 Å². The summed E-state index contributed by atoms with van der Waals surface area (Å²) < 4.78 is 4.75. The molecule has 1 heterocycles. The lowest BCUT2D eigenvalue weighted by atomic mass is 10.1. The van der Waals surface area contributed by atoms with E-state index in [-0.39, 0.29) is 30.9 Å². The Hall–Kier alpha value is -2.37. The molecule has 0 saturated carbocycles. The molecule has 0 spiro atoms. The van der Waals surface area contributed by atoms with Crippen LogP contribution in [0.4, 0.5) is 11.4 Å². The highest BCUT2D eigenvalue weighted by atomic mass is 16.5. The summed E-state index contributed by atoms with van der Waals surface area (Å²) in [5.74, 6) is -1.01. The van der Waals surface area contributed by atoms with Crippen LogP contribution in [0.25, 0.3) is 0 Å². The van der Waals surface area contributed by atoms with Crippen LogP contribution in [-0.4, -0.2) is 30.4 Å². The molecule has 1 aliphatic rings. The van der Waals surface area contributed by atoms with E-state index in [0.29, 0.717) is 11.4 Å². The molecule has 6 heteroatoms. The first kappa shape index (κ1) is 14.0. The molecule has 1 aromatic carbocycles. The van der Waals surface area contributed by atoms with E-state index in [9.17, 15) is 14.4 Å². The number of fused-ring (bicyclic) bond motifs is 1. The molecule has 0 radical (unpaired) electrons. The van der Waals surface area contributed by atoms with E-state index in [0.717, 1.165) is 0 Å². The number of nitrogens with one attached hydrogen (secondary N) is 1. The third-order valence-electron chi connectivity index (χ3n) is 3.03. The number of anilines is 2. The van der Waals surface area contributed by atoms with Gasteiger partial charge in [-0.3, -0.25) is 14.4 Å². The van der Waals surface area contributed by atoms with Gasteiger partial charge in [-0.2, -0.15) is 0 Å². The zero-order chi connectivity index (χ0) is 14.7. The van der Waals surface area contributed by atoms with Crippen LogP contribution in [0.15, 0.2) is 24.3 Å². The minimum Gasteiger partial charge on any atom is -0.456 e. The Morgan fingerprint density at radius 3 is 2.80 bits per heavy atom. The van der Waals surface area contributed by atoms with Crippen molar-refractivity contribution in [3.63, 3.8) is 0 Å². The molecule has 0 bridgehead atoms. The number of carbonyl (C=O) groups excluding carboxylic acids is 3. The molecule has 1 atom stereocenters. The van der Waals surface area contributed by atoms with Gasteiger partial charge in [0.25, 0.3) is 5.91 Å². The predicted molar refractivity (Wildman–Crippen MR) is 73.3 cm³/mol. The smallest absolute Gasteiger partial charge is 0.303 e. The fourth-order valence-electron chi connectivity index (χ4n) is 2.20. The minimum absolute atomic E-state index is 0.146. The van der Waals surface area contributed by atoms with Gasteiger partial charge in [-0.1, -0.05) is 12.1 Å². The second kappa shape index (κ2) is 5.73. The second-order valence-electron chi connectivity index (χ2n) is 4.66. The number of rotatable bonds is 2. The first-order valence-electron chi connectivity index (χ1n) is 6.33. The zero-order valence-electron chi connectivity index (χ0n) is 11.4. The van der Waals surface area contributed by atoms with Crippen LogP contribution in [0.5, 0.6) is 0 Å². The van der Waals surface area contributed by atoms with Crippen molar-refractivity contribution in [1.29, 1.82) is 0 Å². The number of nitrogens with zero attached hydrogens (tertiary/aromatic N) is 1. The van der Waals surface area contributed by atoms with Crippen LogP contribution in [-0.2, 0) is 19.1 Å². The van der Waals surface area contributed by atoms with E-state index in [1.807, 2.05) is 0 Å². The largest absolute Gasteiger partial charge is 0.456 e. The van der Waals surface area contributed by atoms with Crippen molar-refractivity contribution in [2.75, 3.05) is 16.8 Å². The van der Waals surface area contributed by atoms with Crippen molar-refractivity contribution in [2.45, 2.75) is 26.3 Å². The van der Waals surface area contributed by atoms with Crippen molar-refractivity contribution in [2.24, 2.45) is 0 Å². The Balaban J connectivity index is 2.32. The Labute approximate surface area is 116 Å². The summed E-state index contributed by atoms with van der Waals surface area (Å²) in [5, 5.41) is 2.76. The van der Waals surface area contributed by atoms with Crippen LogP contribution in [0.2, 0.25) is 0 Å². The summed E-state index contributed by atoms with van der Waals surface area (Å²) in [6, 6.07) is 6.75. The number of para-hydroxylation sites is 2. The van der Waals surface area contributed by atoms with E-state index < -0.39 is 5.97 Å². The van der Waals surface area contributed by atoms with Crippen LogP contribution in [0, 0.1) is 0 Å².